The van der Waals surface area contributed by atoms with Gasteiger partial charge < -0.3 is 14.6 Å². The van der Waals surface area contributed by atoms with Crippen molar-refractivity contribution in [3.8, 4) is 11.5 Å². The van der Waals surface area contributed by atoms with E-state index in [0.29, 0.717) is 13.2 Å². The molecule has 0 amide bonds. The lowest BCUT2D eigenvalue weighted by Gasteiger charge is -2.23. The maximum absolute atomic E-state index is 10.2. The van der Waals surface area contributed by atoms with Gasteiger partial charge >= 0.3 is 0 Å². The Labute approximate surface area is 102 Å². The summed E-state index contributed by atoms with van der Waals surface area (Å²) in [5.74, 6) is 1.48. The molecule has 1 atom stereocenters. The molecule has 1 aliphatic rings. The second-order valence-corrected chi connectivity index (χ2v) is 4.38. The van der Waals surface area contributed by atoms with Crippen LogP contribution in [0, 0.1) is 0 Å². The zero-order valence-electron chi connectivity index (χ0n) is 10.3. The number of ether oxygens (including phenoxy) is 2. The molecular weight excluding hydrogens is 216 g/mol. The second-order valence-electron chi connectivity index (χ2n) is 4.38. The predicted octanol–water partition coefficient (Wildman–Crippen LogP) is 3.07. The van der Waals surface area contributed by atoms with Crippen molar-refractivity contribution in [2.45, 2.75) is 38.7 Å². The highest BCUT2D eigenvalue weighted by Gasteiger charge is 2.20. The van der Waals surface area contributed by atoms with Crippen molar-refractivity contribution in [3.63, 3.8) is 0 Å². The van der Waals surface area contributed by atoms with E-state index in [-0.39, 0.29) is 0 Å². The maximum atomic E-state index is 10.2. The fourth-order valence-corrected chi connectivity index (χ4v) is 2.10. The summed E-state index contributed by atoms with van der Waals surface area (Å²) in [5.41, 5.74) is 0.860. The molecule has 1 aliphatic heterocycles. The summed E-state index contributed by atoms with van der Waals surface area (Å²) >= 11 is 0. The number of aliphatic hydroxyl groups is 1. The van der Waals surface area contributed by atoms with Crippen molar-refractivity contribution in [3.05, 3.63) is 23.8 Å². The van der Waals surface area contributed by atoms with Crippen LogP contribution in [-0.4, -0.2) is 18.3 Å². The molecule has 0 fully saturated rings. The van der Waals surface area contributed by atoms with Gasteiger partial charge in [0, 0.05) is 5.56 Å². The van der Waals surface area contributed by atoms with Crippen molar-refractivity contribution < 1.29 is 14.6 Å². The first-order valence-corrected chi connectivity index (χ1v) is 6.39. The fraction of sp³-hybridized carbons (Fsp3) is 0.571. The number of hydrogen-bond acceptors (Lipinski definition) is 3. The Kier molecular flexibility index (Phi) is 4.26. The van der Waals surface area contributed by atoms with E-state index in [2.05, 4.69) is 6.92 Å². The van der Waals surface area contributed by atoms with Gasteiger partial charge in [-0.05, 0) is 12.5 Å². The Bertz CT molecular complexity index is 362. The second kappa shape index (κ2) is 5.92. The fourth-order valence-electron chi connectivity index (χ4n) is 2.10. The van der Waals surface area contributed by atoms with Crippen LogP contribution in [0.4, 0.5) is 0 Å². The van der Waals surface area contributed by atoms with Gasteiger partial charge in [-0.3, -0.25) is 0 Å². The summed E-state index contributed by atoms with van der Waals surface area (Å²) in [4.78, 5) is 0. The number of unbranched alkanes of at least 4 members (excludes halogenated alkanes) is 2. The summed E-state index contributed by atoms with van der Waals surface area (Å²) in [7, 11) is 0. The molecule has 1 unspecified atom stereocenters. The quantitative estimate of drug-likeness (QED) is 0.798. The van der Waals surface area contributed by atoms with Gasteiger partial charge in [-0.2, -0.15) is 0 Å². The average molecular weight is 236 g/mol. The Balaban J connectivity index is 2.09. The number of rotatable bonds is 5. The highest BCUT2D eigenvalue weighted by atomic mass is 16.6. The minimum atomic E-state index is -0.446. The molecule has 2 rings (SSSR count). The smallest absolute Gasteiger partial charge is 0.167 e. The van der Waals surface area contributed by atoms with Crippen molar-refractivity contribution in [2.24, 2.45) is 0 Å². The maximum Gasteiger partial charge on any atom is 0.167 e. The molecular formula is C14H20O3. The minimum Gasteiger partial charge on any atom is -0.486 e. The third kappa shape index (κ3) is 2.91. The molecule has 3 nitrogen and oxygen atoms in total. The lowest BCUT2D eigenvalue weighted by Crippen LogP contribution is -2.17. The van der Waals surface area contributed by atoms with E-state index in [1.807, 2.05) is 18.2 Å². The normalized spacial score (nSPS) is 15.6. The zero-order valence-corrected chi connectivity index (χ0v) is 10.3. The van der Waals surface area contributed by atoms with E-state index >= 15 is 0 Å². The Morgan fingerprint density at radius 2 is 2.06 bits per heavy atom. The summed E-state index contributed by atoms with van der Waals surface area (Å²) in [6.07, 6.45) is 3.71. The van der Waals surface area contributed by atoms with E-state index < -0.39 is 6.10 Å². The van der Waals surface area contributed by atoms with Crippen LogP contribution in [0.3, 0.4) is 0 Å². The van der Waals surface area contributed by atoms with Crippen molar-refractivity contribution >= 4 is 0 Å². The van der Waals surface area contributed by atoms with Crippen LogP contribution in [0.25, 0.3) is 0 Å². The topological polar surface area (TPSA) is 38.7 Å². The summed E-state index contributed by atoms with van der Waals surface area (Å²) in [5, 5.41) is 10.2. The average Bonchev–Trinajstić information content (AvgIpc) is 2.38. The molecule has 1 aromatic rings. The molecule has 17 heavy (non-hydrogen) atoms. The molecule has 1 N–H and O–H groups in total. The van der Waals surface area contributed by atoms with Gasteiger partial charge in [-0.25, -0.2) is 0 Å². The van der Waals surface area contributed by atoms with Crippen LogP contribution in [0.2, 0.25) is 0 Å². The number of hydrogen-bond donors (Lipinski definition) is 1. The summed E-state index contributed by atoms with van der Waals surface area (Å²) in [6, 6.07) is 5.72. The molecule has 0 bridgehead atoms. The largest absolute Gasteiger partial charge is 0.486 e. The molecule has 0 aliphatic carbocycles. The molecule has 0 spiro atoms. The van der Waals surface area contributed by atoms with Gasteiger partial charge in [-0.15, -0.1) is 0 Å². The first-order valence-electron chi connectivity index (χ1n) is 6.39. The van der Waals surface area contributed by atoms with Crippen LogP contribution < -0.4 is 9.47 Å². The predicted molar refractivity (Wildman–Crippen MR) is 66.5 cm³/mol. The standard InChI is InChI=1S/C14H20O3/c1-2-3-4-7-12(15)11-6-5-8-13-14(11)17-10-9-16-13/h5-6,8,12,15H,2-4,7,9-10H2,1H3. The van der Waals surface area contributed by atoms with Crippen molar-refractivity contribution in [1.29, 1.82) is 0 Å². The van der Waals surface area contributed by atoms with Crippen molar-refractivity contribution in [2.75, 3.05) is 13.2 Å². The number of benzene rings is 1. The number of para-hydroxylation sites is 1. The van der Waals surface area contributed by atoms with Crippen LogP contribution in [0.1, 0.15) is 44.3 Å². The molecule has 1 aromatic carbocycles. The third-order valence-electron chi connectivity index (χ3n) is 3.04. The van der Waals surface area contributed by atoms with Crippen molar-refractivity contribution in [1.82, 2.24) is 0 Å². The van der Waals surface area contributed by atoms with Gasteiger partial charge in [0.25, 0.3) is 0 Å². The monoisotopic (exact) mass is 236 g/mol. The van der Waals surface area contributed by atoms with Gasteiger partial charge in [0.05, 0.1) is 6.10 Å². The Morgan fingerprint density at radius 1 is 1.24 bits per heavy atom. The van der Waals surface area contributed by atoms with Gasteiger partial charge in [0.1, 0.15) is 13.2 Å². The molecule has 3 heteroatoms. The summed E-state index contributed by atoms with van der Waals surface area (Å²) in [6.45, 7) is 3.31. The highest BCUT2D eigenvalue weighted by Crippen LogP contribution is 2.38. The number of fused-ring (bicyclic) bond motifs is 1. The van der Waals surface area contributed by atoms with Gasteiger partial charge in [-0.1, -0.05) is 38.3 Å². The highest BCUT2D eigenvalue weighted by molar-refractivity contribution is 5.48. The van der Waals surface area contributed by atoms with Crippen LogP contribution in [0.15, 0.2) is 18.2 Å². The van der Waals surface area contributed by atoms with Gasteiger partial charge in [0.2, 0.25) is 0 Å². The van der Waals surface area contributed by atoms with E-state index in [9.17, 15) is 5.11 Å². The SMILES string of the molecule is CCCCCC(O)c1cccc2c1OCCO2. The first kappa shape index (κ1) is 12.2. The molecule has 0 saturated heterocycles. The zero-order chi connectivity index (χ0) is 12.1. The van der Waals surface area contributed by atoms with E-state index in [1.165, 1.54) is 6.42 Å². The molecule has 1 heterocycles. The first-order chi connectivity index (χ1) is 8.33. The van der Waals surface area contributed by atoms with Crippen LogP contribution >= 0.6 is 0 Å². The molecule has 0 saturated carbocycles. The number of aliphatic hydroxyl groups excluding tert-OH is 1. The lowest BCUT2D eigenvalue weighted by atomic mass is 10.0. The molecule has 0 radical (unpaired) electrons. The summed E-state index contributed by atoms with van der Waals surface area (Å²) < 4.78 is 11.1. The Hall–Kier alpha value is -1.22. The lowest BCUT2D eigenvalue weighted by molar-refractivity contribution is 0.139. The van der Waals surface area contributed by atoms with Crippen LogP contribution in [-0.2, 0) is 0 Å². The van der Waals surface area contributed by atoms with E-state index in [1.54, 1.807) is 0 Å². The van der Waals surface area contributed by atoms with E-state index in [4.69, 9.17) is 9.47 Å². The van der Waals surface area contributed by atoms with Gasteiger partial charge in [0.15, 0.2) is 11.5 Å². The third-order valence-corrected chi connectivity index (χ3v) is 3.04. The molecule has 0 aromatic heterocycles. The van der Waals surface area contributed by atoms with Crippen LogP contribution in [0.5, 0.6) is 11.5 Å². The molecule has 94 valence electrons. The van der Waals surface area contributed by atoms with E-state index in [0.717, 1.165) is 36.3 Å². The minimum absolute atomic E-state index is 0.446. The Morgan fingerprint density at radius 3 is 2.88 bits per heavy atom.